The van der Waals surface area contributed by atoms with E-state index in [1.54, 1.807) is 37.3 Å². The van der Waals surface area contributed by atoms with Crippen molar-refractivity contribution in [3.8, 4) is 5.69 Å². The van der Waals surface area contributed by atoms with E-state index >= 15 is 0 Å². The Morgan fingerprint density at radius 1 is 1.08 bits per heavy atom. The number of nitrogens with zero attached hydrogens (tertiary/aromatic N) is 2. The summed E-state index contributed by atoms with van der Waals surface area (Å²) in [5.41, 5.74) is -0.179. The molecule has 0 saturated heterocycles. The Hall–Kier alpha value is -3.22. The van der Waals surface area contributed by atoms with E-state index in [2.05, 4.69) is 14.8 Å². The lowest BCUT2D eigenvalue weighted by atomic mass is 10.1. The number of anilines is 1. The molecule has 188 valence electrons. The fraction of sp³-hybridized carbons (Fsp3) is 0.130. The molecule has 0 atom stereocenters. The Labute approximate surface area is 213 Å². The minimum absolute atomic E-state index is 0.0608. The molecule has 3 aromatic carbocycles. The minimum atomic E-state index is -4.49. The van der Waals surface area contributed by atoms with Crippen LogP contribution in [0.25, 0.3) is 5.69 Å². The molecule has 0 radical (unpaired) electrons. The number of aryl methyl sites for hydroxylation is 1. The van der Waals surface area contributed by atoms with Crippen LogP contribution in [0.4, 0.5) is 19.1 Å². The third-order valence-electron chi connectivity index (χ3n) is 5.01. The number of hydrogen-bond donors (Lipinski definition) is 2. The summed E-state index contributed by atoms with van der Waals surface area (Å²) >= 11 is 7.23. The molecule has 1 aromatic heterocycles. The molecule has 0 saturated carbocycles. The number of hydrogen-bond acceptors (Lipinski definition) is 5. The third-order valence-corrected chi connectivity index (χ3v) is 8.05. The van der Waals surface area contributed by atoms with Crippen molar-refractivity contribution < 1.29 is 21.6 Å². The Morgan fingerprint density at radius 2 is 1.81 bits per heavy atom. The van der Waals surface area contributed by atoms with E-state index < -0.39 is 27.5 Å². The van der Waals surface area contributed by atoms with Crippen molar-refractivity contribution in [2.45, 2.75) is 28.6 Å². The molecule has 0 unspecified atom stereocenters. The van der Waals surface area contributed by atoms with E-state index in [1.165, 1.54) is 24.3 Å². The SMILES string of the molecule is Cc1cc(S(=O)(=O)Nc2nn(-c3ccccc3)c(=O)[nH]2)c(SCc2cccc(C(F)(F)F)c2)cc1Cl. The number of thioether (sulfide) groups is 1. The Balaban J connectivity index is 1.63. The van der Waals surface area contributed by atoms with E-state index in [0.29, 0.717) is 21.8 Å². The maximum Gasteiger partial charge on any atom is 0.416 e. The van der Waals surface area contributed by atoms with Gasteiger partial charge in [0.15, 0.2) is 0 Å². The molecule has 0 bridgehead atoms. The second-order valence-corrected chi connectivity index (χ2v) is 10.7. The highest BCUT2D eigenvalue weighted by Crippen LogP contribution is 2.36. The summed E-state index contributed by atoms with van der Waals surface area (Å²) in [6, 6.07) is 16.0. The van der Waals surface area contributed by atoms with Gasteiger partial charge in [-0.2, -0.15) is 17.9 Å². The number of benzene rings is 3. The normalized spacial score (nSPS) is 12.0. The Bertz CT molecular complexity index is 1570. The lowest BCUT2D eigenvalue weighted by Gasteiger charge is -2.13. The minimum Gasteiger partial charge on any atom is -0.274 e. The summed E-state index contributed by atoms with van der Waals surface area (Å²) in [6.07, 6.45) is -4.49. The summed E-state index contributed by atoms with van der Waals surface area (Å²) in [7, 11) is -4.26. The Kier molecular flexibility index (Phi) is 7.21. The van der Waals surface area contributed by atoms with Gasteiger partial charge in [0.25, 0.3) is 10.0 Å². The number of halogens is 4. The third kappa shape index (κ3) is 5.77. The lowest BCUT2D eigenvalue weighted by Crippen LogP contribution is -2.16. The van der Waals surface area contributed by atoms with Crippen LogP contribution < -0.4 is 10.4 Å². The van der Waals surface area contributed by atoms with Crippen LogP contribution in [-0.2, 0) is 22.0 Å². The van der Waals surface area contributed by atoms with Crippen LogP contribution in [0, 0.1) is 6.92 Å². The summed E-state index contributed by atoms with van der Waals surface area (Å²) < 4.78 is 68.9. The van der Waals surface area contributed by atoms with Crippen molar-refractivity contribution in [3.05, 3.63) is 98.9 Å². The van der Waals surface area contributed by atoms with Crippen LogP contribution >= 0.6 is 23.4 Å². The molecule has 13 heteroatoms. The summed E-state index contributed by atoms with van der Waals surface area (Å²) in [6.45, 7) is 1.62. The molecule has 2 N–H and O–H groups in total. The number of H-pyrrole nitrogens is 1. The number of nitrogens with one attached hydrogen (secondary N) is 2. The number of sulfonamides is 1. The zero-order chi connectivity index (χ0) is 26.1. The topological polar surface area (TPSA) is 96.8 Å². The van der Waals surface area contributed by atoms with Gasteiger partial charge in [0.1, 0.15) is 4.90 Å². The average Bonchev–Trinajstić information content (AvgIpc) is 3.18. The molecule has 0 spiro atoms. The van der Waals surface area contributed by atoms with E-state index in [-0.39, 0.29) is 21.5 Å². The van der Waals surface area contributed by atoms with Crippen LogP contribution in [0.5, 0.6) is 0 Å². The molecule has 7 nitrogen and oxygen atoms in total. The average molecular weight is 555 g/mol. The first kappa shape index (κ1) is 25.9. The standard InChI is InChI=1S/C23H18ClF3N4O3S2/c1-14-10-20(19(12-18(14)24)35-13-15-6-5-7-16(11-15)23(25,26)27)36(33,34)30-21-28-22(32)31(29-21)17-8-3-2-4-9-17/h2-12H,13H2,1H3,(H2,28,29,30,32). The van der Waals surface area contributed by atoms with E-state index in [4.69, 9.17) is 11.6 Å². The summed E-state index contributed by atoms with van der Waals surface area (Å²) in [5, 5.41) is 4.30. The van der Waals surface area contributed by atoms with Crippen LogP contribution in [-0.4, -0.2) is 23.2 Å². The summed E-state index contributed by atoms with van der Waals surface area (Å²) in [4.78, 5) is 14.7. The van der Waals surface area contributed by atoms with Crippen molar-refractivity contribution in [2.75, 3.05) is 4.72 Å². The van der Waals surface area contributed by atoms with Gasteiger partial charge in [0, 0.05) is 15.7 Å². The van der Waals surface area contributed by atoms with Gasteiger partial charge in [-0.15, -0.1) is 16.9 Å². The van der Waals surface area contributed by atoms with Crippen LogP contribution in [0.15, 0.2) is 81.3 Å². The van der Waals surface area contributed by atoms with Gasteiger partial charge in [-0.3, -0.25) is 4.98 Å². The van der Waals surface area contributed by atoms with Crippen LogP contribution in [0.2, 0.25) is 5.02 Å². The molecule has 0 aliphatic carbocycles. The lowest BCUT2D eigenvalue weighted by molar-refractivity contribution is -0.137. The maximum atomic E-state index is 13.3. The zero-order valence-electron chi connectivity index (χ0n) is 18.5. The van der Waals surface area contributed by atoms with Crippen LogP contribution in [0.3, 0.4) is 0 Å². The van der Waals surface area contributed by atoms with Gasteiger partial charge < -0.3 is 0 Å². The number of para-hydroxylation sites is 1. The quantitative estimate of drug-likeness (QED) is 0.288. The van der Waals surface area contributed by atoms with Crippen LogP contribution in [0.1, 0.15) is 16.7 Å². The second-order valence-electron chi connectivity index (χ2n) is 7.67. The predicted octanol–water partition coefficient (Wildman–Crippen LogP) is 5.63. The first-order valence-corrected chi connectivity index (χ1v) is 13.2. The van der Waals surface area contributed by atoms with Crippen molar-refractivity contribution in [1.29, 1.82) is 0 Å². The predicted molar refractivity (Wildman–Crippen MR) is 132 cm³/mol. The largest absolute Gasteiger partial charge is 0.416 e. The highest BCUT2D eigenvalue weighted by molar-refractivity contribution is 7.99. The van der Waals surface area contributed by atoms with Gasteiger partial charge in [-0.25, -0.2) is 17.9 Å². The monoisotopic (exact) mass is 554 g/mol. The molecule has 0 fully saturated rings. The number of aromatic amines is 1. The van der Waals surface area contributed by atoms with Crippen molar-refractivity contribution >= 4 is 39.3 Å². The molecule has 4 rings (SSSR count). The van der Waals surface area contributed by atoms with Crippen molar-refractivity contribution in [2.24, 2.45) is 0 Å². The fourth-order valence-corrected chi connectivity index (χ4v) is 6.01. The highest BCUT2D eigenvalue weighted by Gasteiger charge is 2.30. The van der Waals surface area contributed by atoms with E-state index in [1.807, 2.05) is 0 Å². The Morgan fingerprint density at radius 3 is 2.50 bits per heavy atom. The molecule has 0 amide bonds. The molecule has 4 aromatic rings. The second kappa shape index (κ2) is 10.0. The van der Waals surface area contributed by atoms with Gasteiger partial charge >= 0.3 is 11.9 Å². The van der Waals surface area contributed by atoms with Gasteiger partial charge in [-0.05, 0) is 48.4 Å². The molecule has 1 heterocycles. The highest BCUT2D eigenvalue weighted by atomic mass is 35.5. The summed E-state index contributed by atoms with van der Waals surface area (Å²) in [5.74, 6) is -0.240. The van der Waals surface area contributed by atoms with Crippen molar-refractivity contribution in [1.82, 2.24) is 14.8 Å². The first-order chi connectivity index (χ1) is 16.9. The molecule has 0 aliphatic heterocycles. The van der Waals surface area contributed by atoms with E-state index in [9.17, 15) is 26.4 Å². The first-order valence-electron chi connectivity index (χ1n) is 10.3. The van der Waals surface area contributed by atoms with Gasteiger partial charge in [0.05, 0.1) is 11.3 Å². The number of alkyl halides is 3. The number of rotatable bonds is 7. The molecule has 36 heavy (non-hydrogen) atoms. The van der Waals surface area contributed by atoms with Crippen molar-refractivity contribution in [3.63, 3.8) is 0 Å². The molecular weight excluding hydrogens is 537 g/mol. The fourth-order valence-electron chi connectivity index (χ4n) is 3.26. The number of aromatic nitrogens is 3. The zero-order valence-corrected chi connectivity index (χ0v) is 20.9. The van der Waals surface area contributed by atoms with Gasteiger partial charge in [-0.1, -0.05) is 48.0 Å². The smallest absolute Gasteiger partial charge is 0.274 e. The van der Waals surface area contributed by atoms with Gasteiger partial charge in [0.2, 0.25) is 5.95 Å². The molecular formula is C23H18ClF3N4O3S2. The van der Waals surface area contributed by atoms with E-state index in [0.717, 1.165) is 28.6 Å². The maximum absolute atomic E-state index is 13.3. The molecule has 0 aliphatic rings.